The van der Waals surface area contributed by atoms with Gasteiger partial charge < -0.3 is 15.3 Å². The van der Waals surface area contributed by atoms with E-state index < -0.39 is 0 Å². The fourth-order valence-electron chi connectivity index (χ4n) is 1.92. The van der Waals surface area contributed by atoms with Crippen LogP contribution in [-0.4, -0.2) is 41.3 Å². The van der Waals surface area contributed by atoms with E-state index in [-0.39, 0.29) is 6.61 Å². The standard InChI is InChI=1S/C14H24N4O/c1-18(7-3-2-4-8-19)14-16-10-12(11-17-14)9-15-13-5-6-13/h10-11,13,15,19H,2-9H2,1H3. The molecule has 1 aliphatic rings. The van der Waals surface area contributed by atoms with Crippen molar-refractivity contribution in [2.75, 3.05) is 25.1 Å². The zero-order valence-electron chi connectivity index (χ0n) is 11.7. The molecular formula is C14H24N4O. The molecule has 1 aromatic rings. The lowest BCUT2D eigenvalue weighted by atomic mass is 10.2. The quantitative estimate of drug-likeness (QED) is 0.659. The number of hydrogen-bond acceptors (Lipinski definition) is 5. The summed E-state index contributed by atoms with van der Waals surface area (Å²) >= 11 is 0. The van der Waals surface area contributed by atoms with Gasteiger partial charge >= 0.3 is 0 Å². The Balaban J connectivity index is 1.72. The third-order valence-corrected chi connectivity index (χ3v) is 3.36. The van der Waals surface area contributed by atoms with Gasteiger partial charge in [0.05, 0.1) is 0 Å². The molecule has 2 rings (SSSR count). The van der Waals surface area contributed by atoms with Crippen LogP contribution in [0.2, 0.25) is 0 Å². The molecule has 0 bridgehead atoms. The van der Waals surface area contributed by atoms with E-state index in [0.717, 1.165) is 43.9 Å². The minimum atomic E-state index is 0.281. The molecular weight excluding hydrogens is 240 g/mol. The molecule has 5 nitrogen and oxygen atoms in total. The largest absolute Gasteiger partial charge is 0.396 e. The van der Waals surface area contributed by atoms with Gasteiger partial charge in [0.2, 0.25) is 5.95 Å². The Labute approximate surface area is 115 Å². The minimum absolute atomic E-state index is 0.281. The molecule has 1 aliphatic carbocycles. The highest BCUT2D eigenvalue weighted by Gasteiger charge is 2.19. The number of aromatic nitrogens is 2. The van der Waals surface area contributed by atoms with Crippen LogP contribution < -0.4 is 10.2 Å². The van der Waals surface area contributed by atoms with Gasteiger partial charge in [0.25, 0.3) is 0 Å². The van der Waals surface area contributed by atoms with Gasteiger partial charge in [0.1, 0.15) is 0 Å². The second-order valence-electron chi connectivity index (χ2n) is 5.25. The van der Waals surface area contributed by atoms with Crippen molar-refractivity contribution in [2.45, 2.75) is 44.7 Å². The average molecular weight is 264 g/mol. The molecule has 19 heavy (non-hydrogen) atoms. The monoisotopic (exact) mass is 264 g/mol. The molecule has 0 spiro atoms. The maximum Gasteiger partial charge on any atom is 0.224 e. The second kappa shape index (κ2) is 7.40. The predicted octanol–water partition coefficient (Wildman–Crippen LogP) is 1.33. The molecule has 0 saturated heterocycles. The lowest BCUT2D eigenvalue weighted by molar-refractivity contribution is 0.283. The van der Waals surface area contributed by atoms with E-state index in [1.54, 1.807) is 0 Å². The van der Waals surface area contributed by atoms with Gasteiger partial charge in [-0.3, -0.25) is 0 Å². The van der Waals surface area contributed by atoms with Crippen molar-refractivity contribution in [3.8, 4) is 0 Å². The van der Waals surface area contributed by atoms with Crippen LogP contribution in [0.15, 0.2) is 12.4 Å². The number of rotatable bonds is 9. The van der Waals surface area contributed by atoms with Crippen LogP contribution in [0.4, 0.5) is 5.95 Å². The fraction of sp³-hybridized carbons (Fsp3) is 0.714. The van der Waals surface area contributed by atoms with E-state index in [2.05, 4.69) is 20.2 Å². The normalized spacial score (nSPS) is 14.6. The van der Waals surface area contributed by atoms with Crippen LogP contribution in [0.5, 0.6) is 0 Å². The van der Waals surface area contributed by atoms with Crippen molar-refractivity contribution in [3.05, 3.63) is 18.0 Å². The highest BCUT2D eigenvalue weighted by molar-refractivity contribution is 5.28. The molecule has 5 heteroatoms. The maximum absolute atomic E-state index is 8.73. The summed E-state index contributed by atoms with van der Waals surface area (Å²) in [4.78, 5) is 10.9. The van der Waals surface area contributed by atoms with Crippen LogP contribution in [0.3, 0.4) is 0 Å². The molecule has 0 aliphatic heterocycles. The van der Waals surface area contributed by atoms with Crippen molar-refractivity contribution in [3.63, 3.8) is 0 Å². The molecule has 1 fully saturated rings. The number of hydrogen-bond donors (Lipinski definition) is 2. The van der Waals surface area contributed by atoms with Crippen LogP contribution in [0.1, 0.15) is 37.7 Å². The molecule has 1 aromatic heterocycles. The van der Waals surface area contributed by atoms with E-state index in [9.17, 15) is 0 Å². The van der Waals surface area contributed by atoms with Crippen molar-refractivity contribution in [2.24, 2.45) is 0 Å². The number of nitrogens with one attached hydrogen (secondary N) is 1. The molecule has 0 atom stereocenters. The first kappa shape index (κ1) is 14.2. The molecule has 0 aromatic carbocycles. The lowest BCUT2D eigenvalue weighted by Crippen LogP contribution is -2.21. The number of aliphatic hydroxyl groups excluding tert-OH is 1. The molecule has 0 unspecified atom stereocenters. The summed E-state index contributed by atoms with van der Waals surface area (Å²) in [5.74, 6) is 0.777. The summed E-state index contributed by atoms with van der Waals surface area (Å²) in [5, 5.41) is 12.2. The van der Waals surface area contributed by atoms with Crippen molar-refractivity contribution in [1.82, 2.24) is 15.3 Å². The molecule has 0 amide bonds. The Morgan fingerprint density at radius 3 is 2.63 bits per heavy atom. The van der Waals surface area contributed by atoms with Crippen molar-refractivity contribution in [1.29, 1.82) is 0 Å². The summed E-state index contributed by atoms with van der Waals surface area (Å²) in [6.07, 6.45) is 9.39. The fourth-order valence-corrected chi connectivity index (χ4v) is 1.92. The highest BCUT2D eigenvalue weighted by atomic mass is 16.2. The minimum Gasteiger partial charge on any atom is -0.396 e. The SMILES string of the molecule is CN(CCCCCO)c1ncc(CNC2CC2)cn1. The number of anilines is 1. The topological polar surface area (TPSA) is 61.3 Å². The Hall–Kier alpha value is -1.20. The zero-order valence-corrected chi connectivity index (χ0v) is 11.7. The first-order chi connectivity index (χ1) is 9.29. The number of aliphatic hydroxyl groups is 1. The van der Waals surface area contributed by atoms with Gasteiger partial charge in [-0.2, -0.15) is 0 Å². The summed E-state index contributed by atoms with van der Waals surface area (Å²) in [6.45, 7) is 2.08. The molecule has 2 N–H and O–H groups in total. The van der Waals surface area contributed by atoms with Crippen LogP contribution in [0, 0.1) is 0 Å². The van der Waals surface area contributed by atoms with E-state index in [4.69, 9.17) is 5.11 Å². The third kappa shape index (κ3) is 5.12. The summed E-state index contributed by atoms with van der Waals surface area (Å²) in [5.41, 5.74) is 1.14. The predicted molar refractivity (Wildman–Crippen MR) is 76.1 cm³/mol. The van der Waals surface area contributed by atoms with Gasteiger partial charge in [0, 0.05) is 50.7 Å². The van der Waals surface area contributed by atoms with E-state index in [1.165, 1.54) is 12.8 Å². The van der Waals surface area contributed by atoms with Gasteiger partial charge in [-0.1, -0.05) is 0 Å². The van der Waals surface area contributed by atoms with Gasteiger partial charge in [-0.05, 0) is 32.1 Å². The molecule has 1 heterocycles. The first-order valence-electron chi connectivity index (χ1n) is 7.16. The van der Waals surface area contributed by atoms with Crippen LogP contribution in [0.25, 0.3) is 0 Å². The Kier molecular flexibility index (Phi) is 5.54. The van der Waals surface area contributed by atoms with Crippen molar-refractivity contribution >= 4 is 5.95 Å². The molecule has 0 radical (unpaired) electrons. The average Bonchev–Trinajstić information content (AvgIpc) is 3.26. The second-order valence-corrected chi connectivity index (χ2v) is 5.25. The molecule has 106 valence electrons. The first-order valence-corrected chi connectivity index (χ1v) is 7.16. The Morgan fingerprint density at radius 2 is 2.00 bits per heavy atom. The van der Waals surface area contributed by atoms with Gasteiger partial charge in [-0.25, -0.2) is 9.97 Å². The molecule has 1 saturated carbocycles. The smallest absolute Gasteiger partial charge is 0.224 e. The van der Waals surface area contributed by atoms with Crippen LogP contribution >= 0.6 is 0 Å². The number of nitrogens with zero attached hydrogens (tertiary/aromatic N) is 3. The maximum atomic E-state index is 8.73. The summed E-state index contributed by atoms with van der Waals surface area (Å²) in [7, 11) is 2.01. The van der Waals surface area contributed by atoms with E-state index in [1.807, 2.05) is 19.4 Å². The number of unbranched alkanes of at least 4 members (excludes halogenated alkanes) is 2. The summed E-state index contributed by atoms with van der Waals surface area (Å²) in [6, 6.07) is 0.717. The highest BCUT2D eigenvalue weighted by Crippen LogP contribution is 2.19. The summed E-state index contributed by atoms with van der Waals surface area (Å²) < 4.78 is 0. The Morgan fingerprint density at radius 1 is 1.26 bits per heavy atom. The third-order valence-electron chi connectivity index (χ3n) is 3.36. The zero-order chi connectivity index (χ0) is 13.5. The van der Waals surface area contributed by atoms with E-state index >= 15 is 0 Å². The van der Waals surface area contributed by atoms with Crippen molar-refractivity contribution < 1.29 is 5.11 Å². The lowest BCUT2D eigenvalue weighted by Gasteiger charge is -2.16. The van der Waals surface area contributed by atoms with Gasteiger partial charge in [0.15, 0.2) is 0 Å². The van der Waals surface area contributed by atoms with Gasteiger partial charge in [-0.15, -0.1) is 0 Å². The van der Waals surface area contributed by atoms with Crippen LogP contribution in [-0.2, 0) is 6.54 Å². The Bertz CT molecular complexity index is 364. The van der Waals surface area contributed by atoms with E-state index in [0.29, 0.717) is 6.04 Å².